The molecule has 1 heterocycles. The average molecular weight is 503 g/mol. The van der Waals surface area contributed by atoms with Crippen LogP contribution in [0.5, 0.6) is 5.75 Å². The van der Waals surface area contributed by atoms with E-state index >= 15 is 0 Å². The van der Waals surface area contributed by atoms with Crippen molar-refractivity contribution in [3.63, 3.8) is 0 Å². The van der Waals surface area contributed by atoms with Crippen LogP contribution in [-0.2, 0) is 27.8 Å². The minimum absolute atomic E-state index is 0.0163. The van der Waals surface area contributed by atoms with Gasteiger partial charge in [-0.2, -0.15) is 0 Å². The molecule has 2 aromatic carbocycles. The van der Waals surface area contributed by atoms with Gasteiger partial charge in [0.15, 0.2) is 0 Å². The molecule has 6 rings (SSSR count). The third-order valence-electron chi connectivity index (χ3n) is 9.77. The molecule has 1 amide bonds. The number of ether oxygens (including phenoxy) is 2. The first-order valence-corrected chi connectivity index (χ1v) is 13.7. The number of carbonyl (C=O) groups excluding carboxylic acids is 2. The Morgan fingerprint density at radius 3 is 2.59 bits per heavy atom. The molecule has 6 nitrogen and oxygen atoms in total. The number of nitrogens with one attached hydrogen (secondary N) is 1. The van der Waals surface area contributed by atoms with Gasteiger partial charge in [0.05, 0.1) is 26.2 Å². The summed E-state index contributed by atoms with van der Waals surface area (Å²) in [5.74, 6) is 2.02. The topological polar surface area (TPSA) is 67.9 Å². The van der Waals surface area contributed by atoms with Crippen molar-refractivity contribution in [1.82, 2.24) is 10.2 Å². The van der Waals surface area contributed by atoms with Gasteiger partial charge >= 0.3 is 5.97 Å². The smallest absolute Gasteiger partial charge is 0.337 e. The minimum Gasteiger partial charge on any atom is -0.497 e. The van der Waals surface area contributed by atoms with Gasteiger partial charge in [0.1, 0.15) is 5.75 Å². The van der Waals surface area contributed by atoms with Crippen molar-refractivity contribution < 1.29 is 19.1 Å². The molecule has 1 aliphatic heterocycles. The van der Waals surface area contributed by atoms with Crippen LogP contribution in [-0.4, -0.2) is 56.7 Å². The molecule has 4 atom stereocenters. The zero-order valence-corrected chi connectivity index (χ0v) is 22.2. The highest BCUT2D eigenvalue weighted by molar-refractivity contribution is 5.89. The molecule has 1 N–H and O–H groups in total. The van der Waals surface area contributed by atoms with E-state index < -0.39 is 0 Å². The van der Waals surface area contributed by atoms with Crippen LogP contribution < -0.4 is 10.1 Å². The van der Waals surface area contributed by atoms with Gasteiger partial charge in [-0.15, -0.1) is 0 Å². The summed E-state index contributed by atoms with van der Waals surface area (Å²) in [6, 6.07) is 14.4. The normalized spacial score (nSPS) is 29.6. The highest BCUT2D eigenvalue weighted by atomic mass is 16.5. The fourth-order valence-corrected chi connectivity index (χ4v) is 8.02. The summed E-state index contributed by atoms with van der Waals surface area (Å²) in [4.78, 5) is 27.3. The highest BCUT2D eigenvalue weighted by Gasteiger charge is 2.69. The molecule has 1 spiro atoms. The Bertz CT molecular complexity index is 1210. The number of carbonyl (C=O) groups is 2. The molecule has 2 aromatic rings. The minimum atomic E-state index is -0.368. The van der Waals surface area contributed by atoms with E-state index in [0.29, 0.717) is 35.9 Å². The summed E-state index contributed by atoms with van der Waals surface area (Å²) in [5.41, 5.74) is 4.73. The maximum absolute atomic E-state index is 12.8. The molecule has 196 valence electrons. The van der Waals surface area contributed by atoms with Gasteiger partial charge in [-0.1, -0.05) is 25.1 Å². The first-order valence-electron chi connectivity index (χ1n) is 13.7. The SMILES string of the molecule is COC(=O)c1ccc(CC(=O)NCCC23CC4(Cc5ccc(OC)cc52)CN(CC2CC2)C4[C@@H]3C)cc1. The maximum atomic E-state index is 12.8. The lowest BCUT2D eigenvalue weighted by Crippen LogP contribution is -2.64. The van der Waals surface area contributed by atoms with Gasteiger partial charge in [-0.3, -0.25) is 9.69 Å². The van der Waals surface area contributed by atoms with E-state index in [-0.39, 0.29) is 17.3 Å². The summed E-state index contributed by atoms with van der Waals surface area (Å²) < 4.78 is 10.4. The predicted octanol–water partition coefficient (Wildman–Crippen LogP) is 4.15. The number of benzene rings is 2. The van der Waals surface area contributed by atoms with Crippen LogP contribution in [0.3, 0.4) is 0 Å². The van der Waals surface area contributed by atoms with Crippen molar-refractivity contribution in [2.24, 2.45) is 17.3 Å². The molecule has 4 aliphatic rings. The number of methoxy groups -OCH3 is 2. The Morgan fingerprint density at radius 2 is 1.89 bits per heavy atom. The van der Waals surface area contributed by atoms with Crippen LogP contribution in [0.25, 0.3) is 0 Å². The fraction of sp³-hybridized carbons (Fsp3) is 0.548. The van der Waals surface area contributed by atoms with E-state index in [1.54, 1.807) is 19.2 Å². The van der Waals surface area contributed by atoms with Crippen molar-refractivity contribution in [1.29, 1.82) is 0 Å². The summed E-state index contributed by atoms with van der Waals surface area (Å²) in [7, 11) is 3.11. The Labute approximate surface area is 219 Å². The molecule has 2 saturated carbocycles. The number of nitrogens with zero attached hydrogens (tertiary/aromatic N) is 1. The second-order valence-electron chi connectivity index (χ2n) is 12.0. The number of likely N-dealkylation sites (tertiary alicyclic amines) is 1. The Kier molecular flexibility index (Phi) is 6.06. The fourth-order valence-electron chi connectivity index (χ4n) is 8.02. The predicted molar refractivity (Wildman–Crippen MR) is 142 cm³/mol. The number of rotatable bonds is 9. The molecule has 2 bridgehead atoms. The summed E-state index contributed by atoms with van der Waals surface area (Å²) >= 11 is 0. The molecule has 3 aliphatic carbocycles. The Hall–Kier alpha value is -2.86. The summed E-state index contributed by atoms with van der Waals surface area (Å²) in [6.45, 7) is 5.61. The monoisotopic (exact) mass is 502 g/mol. The lowest BCUT2D eigenvalue weighted by atomic mass is 9.61. The van der Waals surface area contributed by atoms with E-state index in [0.717, 1.165) is 30.1 Å². The summed E-state index contributed by atoms with van der Waals surface area (Å²) in [5, 5.41) is 3.21. The molecular weight excluding hydrogens is 464 g/mol. The van der Waals surface area contributed by atoms with Crippen molar-refractivity contribution in [3.05, 3.63) is 64.7 Å². The van der Waals surface area contributed by atoms with Crippen LogP contribution in [0.4, 0.5) is 0 Å². The van der Waals surface area contributed by atoms with E-state index in [1.165, 1.54) is 50.6 Å². The number of fused-ring (bicyclic) bond motifs is 3. The first-order chi connectivity index (χ1) is 17.9. The van der Waals surface area contributed by atoms with Gasteiger partial charge < -0.3 is 14.8 Å². The Balaban J connectivity index is 1.17. The molecular formula is C31H38N2O4. The van der Waals surface area contributed by atoms with Gasteiger partial charge in [-0.05, 0) is 84.9 Å². The molecule has 3 unspecified atom stereocenters. The van der Waals surface area contributed by atoms with Crippen LogP contribution in [0, 0.1) is 17.3 Å². The van der Waals surface area contributed by atoms with Gasteiger partial charge in [0, 0.05) is 36.5 Å². The Morgan fingerprint density at radius 1 is 1.11 bits per heavy atom. The van der Waals surface area contributed by atoms with E-state index in [2.05, 4.69) is 35.3 Å². The maximum Gasteiger partial charge on any atom is 0.337 e. The van der Waals surface area contributed by atoms with Crippen LogP contribution in [0.2, 0.25) is 0 Å². The van der Waals surface area contributed by atoms with E-state index in [1.807, 2.05) is 12.1 Å². The lowest BCUT2D eigenvalue weighted by molar-refractivity contribution is -0.120. The quantitative estimate of drug-likeness (QED) is 0.522. The van der Waals surface area contributed by atoms with Crippen molar-refractivity contribution in [3.8, 4) is 5.75 Å². The second-order valence-corrected chi connectivity index (χ2v) is 12.0. The third kappa shape index (κ3) is 4.14. The molecule has 3 fully saturated rings. The first kappa shape index (κ1) is 24.5. The molecule has 0 radical (unpaired) electrons. The van der Waals surface area contributed by atoms with Gasteiger partial charge in [0.25, 0.3) is 0 Å². The van der Waals surface area contributed by atoms with Crippen molar-refractivity contribution >= 4 is 11.9 Å². The van der Waals surface area contributed by atoms with Gasteiger partial charge in [-0.25, -0.2) is 4.79 Å². The standard InChI is InChI=1S/C31H38N2O4/c1-20-28-30(19-33(28)17-22-4-5-22)16-24-10-11-25(36-2)15-26(24)31(20,18-30)12-13-32-27(34)14-21-6-8-23(9-7-21)29(35)37-3/h6-11,15,20,22,28H,4-5,12-14,16-19H2,1-3H3,(H,32,34)/t20-,28?,30?,31?/m0/s1. The third-order valence-corrected chi connectivity index (χ3v) is 9.77. The molecule has 6 heteroatoms. The van der Waals surface area contributed by atoms with E-state index in [4.69, 9.17) is 9.47 Å². The molecule has 37 heavy (non-hydrogen) atoms. The average Bonchev–Trinajstić information content (AvgIpc) is 3.69. The van der Waals surface area contributed by atoms with Crippen molar-refractivity contribution in [2.75, 3.05) is 33.9 Å². The molecule has 1 saturated heterocycles. The van der Waals surface area contributed by atoms with E-state index in [9.17, 15) is 9.59 Å². The zero-order valence-electron chi connectivity index (χ0n) is 22.2. The van der Waals surface area contributed by atoms with Crippen LogP contribution >= 0.6 is 0 Å². The number of hydrogen-bond donors (Lipinski definition) is 1. The number of hydrogen-bond acceptors (Lipinski definition) is 5. The van der Waals surface area contributed by atoms with Crippen molar-refractivity contribution in [2.45, 2.75) is 56.9 Å². The number of amides is 1. The number of esters is 1. The lowest BCUT2D eigenvalue weighted by Gasteiger charge is -2.56. The van der Waals surface area contributed by atoms with Crippen LogP contribution in [0.1, 0.15) is 59.7 Å². The van der Waals surface area contributed by atoms with Crippen LogP contribution in [0.15, 0.2) is 42.5 Å². The largest absolute Gasteiger partial charge is 0.497 e. The highest BCUT2D eigenvalue weighted by Crippen LogP contribution is 2.67. The zero-order chi connectivity index (χ0) is 25.8. The van der Waals surface area contributed by atoms with Gasteiger partial charge in [0.2, 0.25) is 5.91 Å². The second kappa shape index (κ2) is 9.16. The molecule has 0 aromatic heterocycles. The summed E-state index contributed by atoms with van der Waals surface area (Å²) in [6.07, 6.45) is 6.40.